The topological polar surface area (TPSA) is 49.4 Å². The third-order valence-corrected chi connectivity index (χ3v) is 6.39. The third kappa shape index (κ3) is 5.41. The molecule has 1 unspecified atom stereocenters. The molecule has 24 heavy (non-hydrogen) atoms. The lowest BCUT2D eigenvalue weighted by Gasteiger charge is -2.29. The van der Waals surface area contributed by atoms with Gasteiger partial charge in [0.2, 0.25) is 10.0 Å². The van der Waals surface area contributed by atoms with Gasteiger partial charge in [-0.25, -0.2) is 13.1 Å². The van der Waals surface area contributed by atoms with Crippen LogP contribution in [0.25, 0.3) is 0 Å². The molecule has 1 N–H and O–H groups in total. The number of nitrogens with zero attached hydrogens (tertiary/aromatic N) is 1. The van der Waals surface area contributed by atoms with Crippen molar-refractivity contribution in [3.8, 4) is 0 Å². The van der Waals surface area contributed by atoms with Gasteiger partial charge in [-0.2, -0.15) is 0 Å². The number of rotatable bonds is 9. The number of hydrogen-bond acceptors (Lipinski definition) is 4. The molecule has 132 valence electrons. The Morgan fingerprint density at radius 3 is 2.33 bits per heavy atom. The first-order chi connectivity index (χ1) is 11.4. The van der Waals surface area contributed by atoms with Gasteiger partial charge in [0.1, 0.15) is 0 Å². The van der Waals surface area contributed by atoms with Crippen LogP contribution in [0.15, 0.2) is 41.8 Å². The molecular weight excluding hydrogens is 340 g/mol. The van der Waals surface area contributed by atoms with Gasteiger partial charge in [-0.05, 0) is 37.0 Å². The van der Waals surface area contributed by atoms with E-state index in [1.165, 1.54) is 4.88 Å². The van der Waals surface area contributed by atoms with Crippen LogP contribution in [0.3, 0.4) is 0 Å². The van der Waals surface area contributed by atoms with Gasteiger partial charge in [0, 0.05) is 11.4 Å². The minimum atomic E-state index is -3.36. The molecule has 2 aromatic rings. The Kier molecular flexibility index (Phi) is 6.98. The molecule has 0 aliphatic rings. The van der Waals surface area contributed by atoms with Gasteiger partial charge in [0.25, 0.3) is 0 Å². The summed E-state index contributed by atoms with van der Waals surface area (Å²) in [5.74, 6) is 0.0166. The second-order valence-corrected chi connectivity index (χ2v) is 8.63. The smallest absolute Gasteiger partial charge is 0.215 e. The molecule has 0 aliphatic heterocycles. The van der Waals surface area contributed by atoms with Gasteiger partial charge < -0.3 is 0 Å². The fraction of sp³-hybridized carbons (Fsp3) is 0.444. The minimum Gasteiger partial charge on any atom is -0.295 e. The number of nitrogens with one attached hydrogen (secondary N) is 1. The molecule has 0 radical (unpaired) electrons. The molecule has 0 bridgehead atoms. The van der Waals surface area contributed by atoms with Crippen molar-refractivity contribution in [2.24, 2.45) is 0 Å². The van der Waals surface area contributed by atoms with Crippen LogP contribution in [-0.4, -0.2) is 33.0 Å². The lowest BCUT2D eigenvalue weighted by Crippen LogP contribution is -2.38. The molecule has 2 rings (SSSR count). The molecule has 0 amide bonds. The summed E-state index contributed by atoms with van der Waals surface area (Å²) in [6, 6.07) is 11.8. The summed E-state index contributed by atoms with van der Waals surface area (Å²) in [6.45, 7) is 8.37. The molecule has 6 heteroatoms. The van der Waals surface area contributed by atoms with E-state index in [0.717, 1.165) is 24.2 Å². The molecule has 1 atom stereocenters. The van der Waals surface area contributed by atoms with E-state index in [1.54, 1.807) is 11.3 Å². The molecular formula is C18H26N2O2S2. The van der Waals surface area contributed by atoms with Crippen molar-refractivity contribution < 1.29 is 8.42 Å². The van der Waals surface area contributed by atoms with Gasteiger partial charge >= 0.3 is 0 Å². The number of hydrogen-bond donors (Lipinski definition) is 1. The van der Waals surface area contributed by atoms with Crippen LogP contribution in [0.4, 0.5) is 0 Å². The Morgan fingerprint density at radius 1 is 1.12 bits per heavy atom. The summed E-state index contributed by atoms with van der Waals surface area (Å²) in [5.41, 5.74) is 1.94. The zero-order valence-electron chi connectivity index (χ0n) is 14.5. The zero-order chi connectivity index (χ0) is 17.6. The van der Waals surface area contributed by atoms with Crippen LogP contribution >= 0.6 is 11.3 Å². The molecule has 0 saturated heterocycles. The van der Waals surface area contributed by atoms with Crippen molar-refractivity contribution in [3.63, 3.8) is 0 Å². The van der Waals surface area contributed by atoms with Crippen molar-refractivity contribution in [2.75, 3.05) is 19.6 Å². The van der Waals surface area contributed by atoms with Gasteiger partial charge in [0.15, 0.2) is 0 Å². The second kappa shape index (κ2) is 8.76. The van der Waals surface area contributed by atoms with E-state index in [-0.39, 0.29) is 11.8 Å². The van der Waals surface area contributed by atoms with Crippen LogP contribution in [0.5, 0.6) is 0 Å². The fourth-order valence-corrected chi connectivity index (χ4v) is 4.72. The normalized spacial score (nSPS) is 13.3. The highest BCUT2D eigenvalue weighted by molar-refractivity contribution is 7.88. The monoisotopic (exact) mass is 366 g/mol. The SMILES string of the molecule is CCN(CC)C(CNS(=O)(=O)Cc1ccc(C)cc1)c1cccs1. The summed E-state index contributed by atoms with van der Waals surface area (Å²) in [4.78, 5) is 3.47. The van der Waals surface area contributed by atoms with E-state index in [2.05, 4.69) is 29.5 Å². The maximum Gasteiger partial charge on any atom is 0.215 e. The van der Waals surface area contributed by atoms with Gasteiger partial charge in [-0.3, -0.25) is 4.90 Å². The largest absolute Gasteiger partial charge is 0.295 e. The van der Waals surface area contributed by atoms with E-state index in [9.17, 15) is 8.42 Å². The molecule has 0 saturated carbocycles. The number of benzene rings is 1. The summed E-state index contributed by atoms with van der Waals surface area (Å²) in [6.07, 6.45) is 0. The second-order valence-electron chi connectivity index (χ2n) is 5.85. The van der Waals surface area contributed by atoms with Crippen LogP contribution in [0.1, 0.15) is 35.9 Å². The first-order valence-electron chi connectivity index (χ1n) is 8.25. The molecule has 0 spiro atoms. The number of aryl methyl sites for hydroxylation is 1. The van der Waals surface area contributed by atoms with E-state index in [1.807, 2.05) is 42.6 Å². The van der Waals surface area contributed by atoms with Crippen molar-refractivity contribution >= 4 is 21.4 Å². The maximum absolute atomic E-state index is 12.4. The molecule has 1 aromatic carbocycles. The number of likely N-dealkylation sites (N-methyl/N-ethyl adjacent to an activating group) is 1. The van der Waals surface area contributed by atoms with Crippen molar-refractivity contribution in [1.82, 2.24) is 9.62 Å². The lowest BCUT2D eigenvalue weighted by molar-refractivity contribution is 0.223. The first kappa shape index (κ1) is 19.1. The predicted molar refractivity (Wildman–Crippen MR) is 102 cm³/mol. The van der Waals surface area contributed by atoms with Gasteiger partial charge in [-0.15, -0.1) is 11.3 Å². The van der Waals surface area contributed by atoms with Crippen LogP contribution in [0.2, 0.25) is 0 Å². The Bertz CT molecular complexity index is 706. The summed E-state index contributed by atoms with van der Waals surface area (Å²) >= 11 is 1.67. The Morgan fingerprint density at radius 2 is 1.79 bits per heavy atom. The lowest BCUT2D eigenvalue weighted by atomic mass is 10.2. The van der Waals surface area contributed by atoms with Crippen LogP contribution in [-0.2, 0) is 15.8 Å². The molecule has 4 nitrogen and oxygen atoms in total. The van der Waals surface area contributed by atoms with Crippen molar-refractivity contribution in [1.29, 1.82) is 0 Å². The molecule has 0 aliphatic carbocycles. The average molecular weight is 367 g/mol. The third-order valence-electron chi connectivity index (χ3n) is 4.10. The van der Waals surface area contributed by atoms with Crippen molar-refractivity contribution in [3.05, 3.63) is 57.8 Å². The van der Waals surface area contributed by atoms with E-state index in [0.29, 0.717) is 6.54 Å². The molecule has 1 heterocycles. The quantitative estimate of drug-likeness (QED) is 0.738. The maximum atomic E-state index is 12.4. The highest BCUT2D eigenvalue weighted by Crippen LogP contribution is 2.24. The Labute approximate surface area is 149 Å². The highest BCUT2D eigenvalue weighted by atomic mass is 32.2. The fourth-order valence-electron chi connectivity index (χ4n) is 2.72. The van der Waals surface area contributed by atoms with E-state index in [4.69, 9.17) is 0 Å². The molecule has 1 aromatic heterocycles. The van der Waals surface area contributed by atoms with Crippen molar-refractivity contribution in [2.45, 2.75) is 32.6 Å². The number of sulfonamides is 1. The van der Waals surface area contributed by atoms with Crippen LogP contribution in [0, 0.1) is 6.92 Å². The average Bonchev–Trinajstić information content (AvgIpc) is 3.07. The van der Waals surface area contributed by atoms with Crippen LogP contribution < -0.4 is 4.72 Å². The number of thiophene rings is 1. The summed E-state index contributed by atoms with van der Waals surface area (Å²) in [5, 5.41) is 2.03. The Hall–Kier alpha value is -1.21. The summed E-state index contributed by atoms with van der Waals surface area (Å²) < 4.78 is 27.7. The highest BCUT2D eigenvalue weighted by Gasteiger charge is 2.21. The first-order valence-corrected chi connectivity index (χ1v) is 10.8. The predicted octanol–water partition coefficient (Wildman–Crippen LogP) is 3.56. The summed E-state index contributed by atoms with van der Waals surface area (Å²) in [7, 11) is -3.36. The van der Waals surface area contributed by atoms with E-state index >= 15 is 0 Å². The Balaban J connectivity index is 2.05. The standard InChI is InChI=1S/C18H26N2O2S2/c1-4-20(5-2)17(18-7-6-12-23-18)13-19-24(21,22)14-16-10-8-15(3)9-11-16/h6-12,17,19H,4-5,13-14H2,1-3H3. The van der Waals surface area contributed by atoms with Gasteiger partial charge in [0.05, 0.1) is 11.8 Å². The van der Waals surface area contributed by atoms with E-state index < -0.39 is 10.0 Å². The zero-order valence-corrected chi connectivity index (χ0v) is 16.2. The van der Waals surface area contributed by atoms with Gasteiger partial charge in [-0.1, -0.05) is 49.7 Å². The molecule has 0 fully saturated rings. The minimum absolute atomic E-state index is 0.0166.